The van der Waals surface area contributed by atoms with Crippen LogP contribution in [0, 0.1) is 0 Å². The lowest BCUT2D eigenvalue weighted by Gasteiger charge is -2.19. The topological polar surface area (TPSA) is 43.6 Å². The lowest BCUT2D eigenvalue weighted by atomic mass is 10.1. The van der Waals surface area contributed by atoms with E-state index >= 15 is 0 Å². The first-order valence-electron chi connectivity index (χ1n) is 7.31. The zero-order valence-corrected chi connectivity index (χ0v) is 12.1. The van der Waals surface area contributed by atoms with Crippen molar-refractivity contribution in [2.75, 3.05) is 13.2 Å². The molecule has 1 aromatic carbocycles. The Morgan fingerprint density at radius 2 is 1.95 bits per heavy atom. The summed E-state index contributed by atoms with van der Waals surface area (Å²) in [5.74, 6) is 1.58. The van der Waals surface area contributed by atoms with E-state index < -0.39 is 6.10 Å². The van der Waals surface area contributed by atoms with Gasteiger partial charge in [0, 0.05) is 29.8 Å². The maximum absolute atomic E-state index is 9.98. The first kappa shape index (κ1) is 13.3. The minimum absolute atomic E-state index is 0.483. The fourth-order valence-corrected chi connectivity index (χ4v) is 2.70. The minimum atomic E-state index is -0.483. The molecule has 1 aromatic heterocycles. The SMILES string of the molecule is CCCCn1cc(C(C)O)c2cc3c(cc21)OCCO3. The quantitative estimate of drug-likeness (QED) is 0.931. The number of hydrogen-bond donors (Lipinski definition) is 1. The molecule has 0 spiro atoms. The molecule has 0 bridgehead atoms. The second-order valence-electron chi connectivity index (χ2n) is 5.32. The Morgan fingerprint density at radius 1 is 1.25 bits per heavy atom. The van der Waals surface area contributed by atoms with E-state index in [1.807, 2.05) is 12.1 Å². The van der Waals surface area contributed by atoms with Gasteiger partial charge in [-0.1, -0.05) is 13.3 Å². The van der Waals surface area contributed by atoms with Crippen LogP contribution in [-0.2, 0) is 6.54 Å². The van der Waals surface area contributed by atoms with E-state index in [1.54, 1.807) is 6.92 Å². The third-order valence-electron chi connectivity index (χ3n) is 3.78. The van der Waals surface area contributed by atoms with Gasteiger partial charge < -0.3 is 19.1 Å². The highest BCUT2D eigenvalue weighted by Gasteiger charge is 2.18. The third kappa shape index (κ3) is 2.24. The number of aliphatic hydroxyl groups excluding tert-OH is 1. The predicted octanol–water partition coefficient (Wildman–Crippen LogP) is 3.27. The number of ether oxygens (including phenoxy) is 2. The van der Waals surface area contributed by atoms with Crippen LogP contribution in [0.3, 0.4) is 0 Å². The molecular weight excluding hydrogens is 254 g/mol. The monoisotopic (exact) mass is 275 g/mol. The normalized spacial score (nSPS) is 15.6. The van der Waals surface area contributed by atoms with Crippen molar-refractivity contribution in [3.63, 3.8) is 0 Å². The van der Waals surface area contributed by atoms with Crippen molar-refractivity contribution in [2.45, 2.75) is 39.3 Å². The summed E-state index contributed by atoms with van der Waals surface area (Å²) in [6.07, 6.45) is 3.84. The summed E-state index contributed by atoms with van der Waals surface area (Å²) in [4.78, 5) is 0. The standard InChI is InChI=1S/C16H21NO3/c1-3-4-5-17-10-13(11(2)18)12-8-15-16(9-14(12)17)20-7-6-19-15/h8-11,18H,3-7H2,1-2H3. The summed E-state index contributed by atoms with van der Waals surface area (Å²) in [5, 5.41) is 11.0. The number of aliphatic hydroxyl groups is 1. The molecule has 3 rings (SSSR count). The molecule has 0 aliphatic carbocycles. The van der Waals surface area contributed by atoms with Gasteiger partial charge in [-0.3, -0.25) is 0 Å². The Bertz CT molecular complexity index is 616. The molecule has 4 heteroatoms. The molecule has 1 atom stereocenters. The van der Waals surface area contributed by atoms with Gasteiger partial charge >= 0.3 is 0 Å². The molecule has 1 N–H and O–H groups in total. The van der Waals surface area contributed by atoms with Gasteiger partial charge in [0.25, 0.3) is 0 Å². The van der Waals surface area contributed by atoms with Crippen molar-refractivity contribution in [1.82, 2.24) is 4.57 Å². The lowest BCUT2D eigenvalue weighted by Crippen LogP contribution is -2.15. The number of fused-ring (bicyclic) bond motifs is 2. The number of nitrogens with zero attached hydrogens (tertiary/aromatic N) is 1. The smallest absolute Gasteiger partial charge is 0.163 e. The summed E-state index contributed by atoms with van der Waals surface area (Å²) in [7, 11) is 0. The molecule has 20 heavy (non-hydrogen) atoms. The van der Waals surface area contributed by atoms with Crippen molar-refractivity contribution in [3.8, 4) is 11.5 Å². The predicted molar refractivity (Wildman–Crippen MR) is 78.5 cm³/mol. The average Bonchev–Trinajstić information content (AvgIpc) is 2.81. The van der Waals surface area contributed by atoms with Gasteiger partial charge in [-0.2, -0.15) is 0 Å². The lowest BCUT2D eigenvalue weighted by molar-refractivity contribution is 0.172. The molecular formula is C16H21NO3. The third-order valence-corrected chi connectivity index (χ3v) is 3.78. The number of rotatable bonds is 4. The second-order valence-corrected chi connectivity index (χ2v) is 5.32. The van der Waals surface area contributed by atoms with Crippen LogP contribution in [0.4, 0.5) is 0 Å². The van der Waals surface area contributed by atoms with Gasteiger partial charge in [-0.15, -0.1) is 0 Å². The van der Waals surface area contributed by atoms with Crippen molar-refractivity contribution < 1.29 is 14.6 Å². The molecule has 0 radical (unpaired) electrons. The molecule has 1 aliphatic heterocycles. The van der Waals surface area contributed by atoms with Crippen LogP contribution >= 0.6 is 0 Å². The fourth-order valence-electron chi connectivity index (χ4n) is 2.70. The largest absolute Gasteiger partial charge is 0.486 e. The van der Waals surface area contributed by atoms with Gasteiger partial charge in [0.2, 0.25) is 0 Å². The van der Waals surface area contributed by atoms with Crippen LogP contribution in [0.5, 0.6) is 11.5 Å². The Hall–Kier alpha value is -1.68. The van der Waals surface area contributed by atoms with Crippen molar-refractivity contribution in [2.24, 2.45) is 0 Å². The Labute approximate surface area is 118 Å². The maximum atomic E-state index is 9.98. The van der Waals surface area contributed by atoms with E-state index in [-0.39, 0.29) is 0 Å². The molecule has 0 saturated carbocycles. The zero-order valence-electron chi connectivity index (χ0n) is 12.1. The van der Waals surface area contributed by atoms with Crippen molar-refractivity contribution in [3.05, 3.63) is 23.9 Å². The Balaban J connectivity index is 2.14. The van der Waals surface area contributed by atoms with E-state index in [4.69, 9.17) is 9.47 Å². The molecule has 0 amide bonds. The molecule has 2 heterocycles. The Kier molecular flexibility index (Phi) is 3.57. The molecule has 0 fully saturated rings. The number of unbranched alkanes of at least 4 members (excludes halogenated alkanes) is 1. The van der Waals surface area contributed by atoms with Crippen LogP contribution in [-0.4, -0.2) is 22.9 Å². The van der Waals surface area contributed by atoms with Crippen LogP contribution in [0.1, 0.15) is 38.4 Å². The van der Waals surface area contributed by atoms with Crippen molar-refractivity contribution >= 4 is 10.9 Å². The average molecular weight is 275 g/mol. The maximum Gasteiger partial charge on any atom is 0.163 e. The van der Waals surface area contributed by atoms with E-state index in [9.17, 15) is 5.11 Å². The van der Waals surface area contributed by atoms with Gasteiger partial charge in [-0.05, 0) is 19.4 Å². The zero-order chi connectivity index (χ0) is 14.1. The van der Waals surface area contributed by atoms with Crippen LogP contribution < -0.4 is 9.47 Å². The van der Waals surface area contributed by atoms with Gasteiger partial charge in [-0.25, -0.2) is 0 Å². The number of benzene rings is 1. The number of aryl methyl sites for hydroxylation is 1. The summed E-state index contributed by atoms with van der Waals surface area (Å²) in [6.45, 7) is 6.12. The molecule has 1 aliphatic rings. The summed E-state index contributed by atoms with van der Waals surface area (Å²) in [5.41, 5.74) is 2.06. The van der Waals surface area contributed by atoms with Gasteiger partial charge in [0.05, 0.1) is 11.6 Å². The molecule has 1 unspecified atom stereocenters. The molecule has 0 saturated heterocycles. The van der Waals surface area contributed by atoms with Crippen LogP contribution in [0.15, 0.2) is 18.3 Å². The molecule has 2 aromatic rings. The molecule has 4 nitrogen and oxygen atoms in total. The van der Waals surface area contributed by atoms with Crippen LogP contribution in [0.25, 0.3) is 10.9 Å². The Morgan fingerprint density at radius 3 is 2.60 bits per heavy atom. The van der Waals surface area contributed by atoms with Crippen LogP contribution in [0.2, 0.25) is 0 Å². The van der Waals surface area contributed by atoms with E-state index in [0.717, 1.165) is 47.4 Å². The highest BCUT2D eigenvalue weighted by Crippen LogP contribution is 2.38. The fraction of sp³-hybridized carbons (Fsp3) is 0.500. The number of aromatic nitrogens is 1. The summed E-state index contributed by atoms with van der Waals surface area (Å²) in [6, 6.07) is 4.03. The first-order chi connectivity index (χ1) is 9.70. The van der Waals surface area contributed by atoms with Gasteiger partial charge in [0.15, 0.2) is 11.5 Å². The van der Waals surface area contributed by atoms with E-state index in [2.05, 4.69) is 17.7 Å². The summed E-state index contributed by atoms with van der Waals surface area (Å²) < 4.78 is 13.5. The summed E-state index contributed by atoms with van der Waals surface area (Å²) >= 11 is 0. The second kappa shape index (κ2) is 5.37. The number of hydrogen-bond acceptors (Lipinski definition) is 3. The van der Waals surface area contributed by atoms with E-state index in [1.165, 1.54) is 0 Å². The molecule has 108 valence electrons. The highest BCUT2D eigenvalue weighted by molar-refractivity contribution is 5.88. The first-order valence-corrected chi connectivity index (χ1v) is 7.31. The highest BCUT2D eigenvalue weighted by atomic mass is 16.6. The minimum Gasteiger partial charge on any atom is -0.486 e. The van der Waals surface area contributed by atoms with E-state index in [0.29, 0.717) is 13.2 Å². The van der Waals surface area contributed by atoms with Crippen molar-refractivity contribution in [1.29, 1.82) is 0 Å². The van der Waals surface area contributed by atoms with Gasteiger partial charge in [0.1, 0.15) is 13.2 Å².